The average molecular weight is 406 g/mol. The first-order valence-electron chi connectivity index (χ1n) is 8.61. The molecule has 2 rings (SSSR count). The molecule has 1 saturated heterocycles. The second-order valence-electron chi connectivity index (χ2n) is 6.43. The summed E-state index contributed by atoms with van der Waals surface area (Å²) in [7, 11) is -5.89. The summed E-state index contributed by atoms with van der Waals surface area (Å²) in [6.07, 6.45) is 0.685. The van der Waals surface area contributed by atoms with Gasteiger partial charge in [0.2, 0.25) is 0 Å². The zero-order valence-corrected chi connectivity index (χ0v) is 17.0. The van der Waals surface area contributed by atoms with Crippen molar-refractivity contribution in [3.05, 3.63) is 23.8 Å². The Kier molecular flexibility index (Phi) is 7.06. The van der Waals surface area contributed by atoms with E-state index in [1.165, 1.54) is 13.2 Å². The largest absolute Gasteiger partial charge is 0.495 e. The molecule has 148 valence electrons. The third-order valence-corrected chi connectivity index (χ3v) is 8.57. The van der Waals surface area contributed by atoms with Crippen LogP contribution in [0.25, 0.3) is 0 Å². The molecule has 26 heavy (non-hydrogen) atoms. The molecule has 0 aromatic heterocycles. The number of nitrogens with one attached hydrogen (secondary N) is 1. The Labute approximate surface area is 155 Å². The lowest BCUT2D eigenvalue weighted by molar-refractivity contribution is 0.144. The van der Waals surface area contributed by atoms with E-state index in [4.69, 9.17) is 9.47 Å². The van der Waals surface area contributed by atoms with Crippen LogP contribution in [0.3, 0.4) is 0 Å². The van der Waals surface area contributed by atoms with E-state index in [-0.39, 0.29) is 22.2 Å². The van der Waals surface area contributed by atoms with Crippen molar-refractivity contribution in [1.29, 1.82) is 0 Å². The van der Waals surface area contributed by atoms with E-state index in [1.807, 2.05) is 6.92 Å². The van der Waals surface area contributed by atoms with Crippen LogP contribution in [0, 0.1) is 6.92 Å². The smallest absolute Gasteiger partial charge is 0.187 e. The Balaban J connectivity index is 2.26. The van der Waals surface area contributed by atoms with Gasteiger partial charge < -0.3 is 14.8 Å². The Morgan fingerprint density at radius 1 is 1.27 bits per heavy atom. The molecule has 0 spiro atoms. The Morgan fingerprint density at radius 2 is 2.00 bits per heavy atom. The van der Waals surface area contributed by atoms with Crippen molar-refractivity contribution >= 4 is 19.7 Å². The highest BCUT2D eigenvalue weighted by molar-refractivity contribution is 7.96. The number of aryl methyl sites for hydroxylation is 1. The summed E-state index contributed by atoms with van der Waals surface area (Å²) in [5.74, 6) is -0.329. The summed E-state index contributed by atoms with van der Waals surface area (Å²) < 4.78 is 61.1. The molecule has 9 heteroatoms. The maximum Gasteiger partial charge on any atom is 0.187 e. The minimum absolute atomic E-state index is 0.0446. The topological polar surface area (TPSA) is 98.8 Å². The molecule has 2 atom stereocenters. The molecule has 1 heterocycles. The van der Waals surface area contributed by atoms with Gasteiger partial charge in [-0.2, -0.15) is 0 Å². The standard InChI is InChI=1S/C17H27NO6S2/c1-4-24-9-5-8-18-14-11-25(19,20)12-17(14)26(21,22)16-10-13(2)6-7-15(16)23-3/h6-7,10,14,17-18H,4-5,8-9,11-12H2,1-3H3/t14-,17-/m0/s1. The van der Waals surface area contributed by atoms with Gasteiger partial charge in [-0.25, -0.2) is 16.8 Å². The van der Waals surface area contributed by atoms with Crippen LogP contribution in [-0.2, 0) is 24.4 Å². The molecular formula is C17H27NO6S2. The molecule has 0 amide bonds. The number of ether oxygens (including phenoxy) is 2. The third kappa shape index (κ3) is 4.97. The first kappa shape index (κ1) is 21.1. The average Bonchev–Trinajstić information content (AvgIpc) is 2.90. The molecule has 1 fully saturated rings. The molecule has 1 N–H and O–H groups in total. The van der Waals surface area contributed by atoms with Crippen LogP contribution in [-0.4, -0.2) is 66.5 Å². The molecule has 0 aliphatic carbocycles. The van der Waals surface area contributed by atoms with Crippen molar-refractivity contribution in [3.63, 3.8) is 0 Å². The molecule has 1 aromatic rings. The van der Waals surface area contributed by atoms with Gasteiger partial charge in [-0.05, 0) is 44.5 Å². The van der Waals surface area contributed by atoms with Gasteiger partial charge in [0.05, 0.1) is 23.9 Å². The van der Waals surface area contributed by atoms with Crippen molar-refractivity contribution in [2.24, 2.45) is 0 Å². The Morgan fingerprint density at radius 3 is 2.65 bits per heavy atom. The summed E-state index contributed by atoms with van der Waals surface area (Å²) in [6, 6.07) is 4.24. The predicted octanol–water partition coefficient (Wildman–Crippen LogP) is 0.959. The van der Waals surface area contributed by atoms with Gasteiger partial charge in [-0.3, -0.25) is 0 Å². The number of hydrogen-bond donors (Lipinski definition) is 1. The first-order valence-corrected chi connectivity index (χ1v) is 12.0. The fraction of sp³-hybridized carbons (Fsp3) is 0.647. The second-order valence-corrected chi connectivity index (χ2v) is 10.7. The highest BCUT2D eigenvalue weighted by Gasteiger charge is 2.46. The normalized spacial score (nSPS) is 22.4. The van der Waals surface area contributed by atoms with Crippen LogP contribution < -0.4 is 10.1 Å². The summed E-state index contributed by atoms with van der Waals surface area (Å²) in [6.45, 7) is 5.34. The van der Waals surface area contributed by atoms with Crippen LogP contribution in [0.1, 0.15) is 18.9 Å². The van der Waals surface area contributed by atoms with Gasteiger partial charge in [-0.15, -0.1) is 0 Å². The van der Waals surface area contributed by atoms with Crippen LogP contribution >= 0.6 is 0 Å². The number of methoxy groups -OCH3 is 1. The van der Waals surface area contributed by atoms with Crippen LogP contribution in [0.5, 0.6) is 5.75 Å². The summed E-state index contributed by atoms with van der Waals surface area (Å²) in [5.41, 5.74) is 0.770. The number of hydrogen-bond acceptors (Lipinski definition) is 7. The molecule has 0 unspecified atom stereocenters. The molecule has 0 radical (unpaired) electrons. The zero-order chi connectivity index (χ0) is 19.4. The van der Waals surface area contributed by atoms with Crippen LogP contribution in [0.4, 0.5) is 0 Å². The second kappa shape index (κ2) is 8.69. The van der Waals surface area contributed by atoms with Gasteiger partial charge in [0.15, 0.2) is 19.7 Å². The fourth-order valence-corrected chi connectivity index (χ4v) is 8.05. The zero-order valence-electron chi connectivity index (χ0n) is 15.4. The summed E-state index contributed by atoms with van der Waals surface area (Å²) in [5, 5.41) is 2.06. The van der Waals surface area contributed by atoms with Crippen molar-refractivity contribution < 1.29 is 26.3 Å². The number of benzene rings is 1. The highest BCUT2D eigenvalue weighted by atomic mass is 32.2. The Hall–Kier alpha value is -1.16. The van der Waals surface area contributed by atoms with Gasteiger partial charge in [0.1, 0.15) is 10.6 Å². The van der Waals surface area contributed by atoms with E-state index >= 15 is 0 Å². The summed E-state index contributed by atoms with van der Waals surface area (Å²) in [4.78, 5) is 0.0446. The van der Waals surface area contributed by atoms with E-state index in [0.29, 0.717) is 26.2 Å². The van der Waals surface area contributed by atoms with Crippen molar-refractivity contribution in [2.75, 3.05) is 38.4 Å². The van der Waals surface area contributed by atoms with Crippen molar-refractivity contribution in [3.8, 4) is 5.75 Å². The van der Waals surface area contributed by atoms with E-state index in [1.54, 1.807) is 19.1 Å². The maximum absolute atomic E-state index is 13.2. The van der Waals surface area contributed by atoms with Gasteiger partial charge in [0.25, 0.3) is 0 Å². The molecule has 0 bridgehead atoms. The van der Waals surface area contributed by atoms with Crippen molar-refractivity contribution in [1.82, 2.24) is 5.32 Å². The van der Waals surface area contributed by atoms with Crippen LogP contribution in [0.15, 0.2) is 23.1 Å². The molecule has 1 aliphatic heterocycles. The fourth-order valence-electron chi connectivity index (χ4n) is 3.09. The Bertz CT molecular complexity index is 820. The molecule has 0 saturated carbocycles. The van der Waals surface area contributed by atoms with E-state index in [9.17, 15) is 16.8 Å². The van der Waals surface area contributed by atoms with Gasteiger partial charge >= 0.3 is 0 Å². The maximum atomic E-state index is 13.2. The monoisotopic (exact) mass is 405 g/mol. The minimum Gasteiger partial charge on any atom is -0.495 e. The van der Waals surface area contributed by atoms with Gasteiger partial charge in [0, 0.05) is 19.3 Å². The SMILES string of the molecule is CCOCCCN[C@H]1CS(=O)(=O)C[C@@H]1S(=O)(=O)c1cc(C)ccc1OC. The number of rotatable bonds is 9. The molecule has 7 nitrogen and oxygen atoms in total. The lowest BCUT2D eigenvalue weighted by atomic mass is 10.2. The molecule has 1 aromatic carbocycles. The first-order chi connectivity index (χ1) is 12.2. The van der Waals surface area contributed by atoms with Crippen LogP contribution in [0.2, 0.25) is 0 Å². The quantitative estimate of drug-likeness (QED) is 0.611. The molecule has 1 aliphatic rings. The third-order valence-electron chi connectivity index (χ3n) is 4.40. The molecular weight excluding hydrogens is 378 g/mol. The van der Waals surface area contributed by atoms with Crippen molar-refractivity contribution in [2.45, 2.75) is 36.5 Å². The van der Waals surface area contributed by atoms with Gasteiger partial charge in [-0.1, -0.05) is 6.07 Å². The summed E-state index contributed by atoms with van der Waals surface area (Å²) >= 11 is 0. The lowest BCUT2D eigenvalue weighted by Gasteiger charge is -2.21. The van der Waals surface area contributed by atoms with E-state index < -0.39 is 31.0 Å². The lowest BCUT2D eigenvalue weighted by Crippen LogP contribution is -2.44. The predicted molar refractivity (Wildman–Crippen MR) is 100 cm³/mol. The van der Waals surface area contributed by atoms with E-state index in [2.05, 4.69) is 5.32 Å². The highest BCUT2D eigenvalue weighted by Crippen LogP contribution is 2.32. The number of sulfone groups is 2. The van der Waals surface area contributed by atoms with E-state index in [0.717, 1.165) is 5.56 Å². The minimum atomic E-state index is -3.87.